The van der Waals surface area contributed by atoms with Crippen LogP contribution in [-0.4, -0.2) is 22.4 Å². The highest BCUT2D eigenvalue weighted by atomic mass is 19.4. The summed E-state index contributed by atoms with van der Waals surface area (Å²) in [6, 6.07) is 6.67. The van der Waals surface area contributed by atoms with Crippen LogP contribution in [0, 0.1) is 0 Å². The summed E-state index contributed by atoms with van der Waals surface area (Å²) in [6.07, 6.45) is -2.43. The summed E-state index contributed by atoms with van der Waals surface area (Å²) in [5.74, 6) is -1.71. The molecule has 1 aromatic heterocycles. The summed E-state index contributed by atoms with van der Waals surface area (Å²) in [7, 11) is 0. The van der Waals surface area contributed by atoms with Gasteiger partial charge in [0.05, 0.1) is 11.4 Å². The maximum atomic E-state index is 12.3. The number of hydrogen-bond donors (Lipinski definition) is 2. The first-order chi connectivity index (χ1) is 9.87. The van der Waals surface area contributed by atoms with Gasteiger partial charge in [-0.1, -0.05) is 12.1 Å². The number of benzene rings is 1. The van der Waals surface area contributed by atoms with Gasteiger partial charge in [-0.15, -0.1) is 13.2 Å². The molecule has 0 saturated heterocycles. The molecular formula is C13H9F3N2O3. The number of carboxylic acids is 1. The van der Waals surface area contributed by atoms with E-state index in [9.17, 15) is 18.0 Å². The molecule has 0 unspecified atom stereocenters. The number of aromatic nitrogens is 1. The monoisotopic (exact) mass is 298 g/mol. The number of carboxylic acid groups (broad SMARTS) is 1. The van der Waals surface area contributed by atoms with Gasteiger partial charge >= 0.3 is 12.3 Å². The third kappa shape index (κ3) is 3.85. The van der Waals surface area contributed by atoms with Crippen LogP contribution in [0.5, 0.6) is 5.75 Å². The zero-order valence-corrected chi connectivity index (χ0v) is 10.4. The Bertz CT molecular complexity index is 659. The summed E-state index contributed by atoms with van der Waals surface area (Å²) in [4.78, 5) is 14.7. The summed E-state index contributed by atoms with van der Waals surface area (Å²) >= 11 is 0. The number of anilines is 2. The fourth-order valence-corrected chi connectivity index (χ4v) is 1.60. The van der Waals surface area contributed by atoms with E-state index in [4.69, 9.17) is 5.11 Å². The lowest BCUT2D eigenvalue weighted by Gasteiger charge is -2.15. The highest BCUT2D eigenvalue weighted by Crippen LogP contribution is 2.32. The van der Waals surface area contributed by atoms with Crippen molar-refractivity contribution >= 4 is 17.3 Å². The zero-order valence-electron chi connectivity index (χ0n) is 10.4. The van der Waals surface area contributed by atoms with E-state index in [2.05, 4.69) is 15.0 Å². The third-order valence-corrected chi connectivity index (χ3v) is 2.43. The van der Waals surface area contributed by atoms with Crippen LogP contribution < -0.4 is 10.1 Å². The van der Waals surface area contributed by atoms with E-state index in [1.165, 1.54) is 30.5 Å². The van der Waals surface area contributed by atoms with Crippen molar-refractivity contribution in [1.29, 1.82) is 0 Å². The first-order valence-electron chi connectivity index (χ1n) is 5.66. The van der Waals surface area contributed by atoms with Gasteiger partial charge in [0.25, 0.3) is 0 Å². The second kappa shape index (κ2) is 5.70. The quantitative estimate of drug-likeness (QED) is 0.905. The molecule has 0 bridgehead atoms. The highest BCUT2D eigenvalue weighted by molar-refractivity contribution is 5.94. The summed E-state index contributed by atoms with van der Waals surface area (Å²) in [5, 5.41) is 11.6. The smallest absolute Gasteiger partial charge is 0.478 e. The fourth-order valence-electron chi connectivity index (χ4n) is 1.60. The number of nitrogens with zero attached hydrogens (tertiary/aromatic N) is 1. The van der Waals surface area contributed by atoms with Crippen LogP contribution in [0.15, 0.2) is 42.7 Å². The molecule has 21 heavy (non-hydrogen) atoms. The number of aromatic carboxylic acids is 1. The summed E-state index contributed by atoms with van der Waals surface area (Å²) in [6.45, 7) is 0. The van der Waals surface area contributed by atoms with Crippen molar-refractivity contribution in [2.24, 2.45) is 0 Å². The SMILES string of the molecule is O=C(O)c1cnccc1Nc1ccccc1OC(F)(F)F. The molecule has 0 aliphatic heterocycles. The van der Waals surface area contributed by atoms with Crippen LogP contribution in [0.25, 0.3) is 0 Å². The predicted octanol–water partition coefficient (Wildman–Crippen LogP) is 3.42. The first-order valence-corrected chi connectivity index (χ1v) is 5.66. The van der Waals surface area contributed by atoms with Crippen LogP contribution in [0.2, 0.25) is 0 Å². The Kier molecular flexibility index (Phi) is 3.97. The topological polar surface area (TPSA) is 71.5 Å². The van der Waals surface area contributed by atoms with Gasteiger partial charge in [-0.05, 0) is 18.2 Å². The number of hydrogen-bond acceptors (Lipinski definition) is 4. The molecule has 2 aromatic rings. The predicted molar refractivity (Wildman–Crippen MR) is 67.6 cm³/mol. The Balaban J connectivity index is 2.35. The van der Waals surface area contributed by atoms with Gasteiger partial charge in [0, 0.05) is 12.4 Å². The highest BCUT2D eigenvalue weighted by Gasteiger charge is 2.32. The van der Waals surface area contributed by atoms with E-state index in [1.807, 2.05) is 0 Å². The molecule has 1 aromatic carbocycles. The number of ether oxygens (including phenoxy) is 1. The largest absolute Gasteiger partial charge is 0.573 e. The molecule has 1 heterocycles. The van der Waals surface area contributed by atoms with Crippen LogP contribution in [0.1, 0.15) is 10.4 Å². The van der Waals surface area contributed by atoms with Crippen LogP contribution in [0.4, 0.5) is 24.5 Å². The number of pyridine rings is 1. The fraction of sp³-hybridized carbons (Fsp3) is 0.0769. The van der Waals surface area contributed by atoms with E-state index in [0.29, 0.717) is 0 Å². The Morgan fingerprint density at radius 1 is 1.19 bits per heavy atom. The van der Waals surface area contributed by atoms with Gasteiger partial charge in [-0.2, -0.15) is 0 Å². The summed E-state index contributed by atoms with van der Waals surface area (Å²) < 4.78 is 40.8. The van der Waals surface area contributed by atoms with Crippen molar-refractivity contribution in [2.45, 2.75) is 6.36 Å². The Hall–Kier alpha value is -2.77. The van der Waals surface area contributed by atoms with E-state index >= 15 is 0 Å². The lowest BCUT2D eigenvalue weighted by molar-refractivity contribution is -0.274. The van der Waals surface area contributed by atoms with Crippen molar-refractivity contribution in [3.8, 4) is 5.75 Å². The van der Waals surface area contributed by atoms with E-state index in [0.717, 1.165) is 12.3 Å². The Morgan fingerprint density at radius 2 is 1.90 bits per heavy atom. The van der Waals surface area contributed by atoms with Crippen LogP contribution >= 0.6 is 0 Å². The average Bonchev–Trinajstić information content (AvgIpc) is 2.40. The number of halogens is 3. The molecule has 0 radical (unpaired) electrons. The second-order valence-electron chi connectivity index (χ2n) is 3.90. The summed E-state index contributed by atoms with van der Waals surface area (Å²) in [5.41, 5.74) is -0.0708. The number of carbonyl (C=O) groups is 1. The maximum Gasteiger partial charge on any atom is 0.573 e. The molecular weight excluding hydrogens is 289 g/mol. The lowest BCUT2D eigenvalue weighted by atomic mass is 10.2. The first kappa shape index (κ1) is 14.6. The molecule has 2 rings (SSSR count). The van der Waals surface area contributed by atoms with Gasteiger partial charge < -0.3 is 15.2 Å². The molecule has 0 aliphatic carbocycles. The Labute approximate surface area is 117 Å². The number of para-hydroxylation sites is 2. The lowest BCUT2D eigenvalue weighted by Crippen LogP contribution is -2.18. The normalized spacial score (nSPS) is 11.0. The minimum absolute atomic E-state index is 0.0106. The van der Waals surface area contributed by atoms with Crippen molar-refractivity contribution in [2.75, 3.05) is 5.32 Å². The molecule has 0 aliphatic rings. The van der Waals surface area contributed by atoms with Gasteiger partial charge in [0.15, 0.2) is 5.75 Å². The molecule has 0 fully saturated rings. The van der Waals surface area contributed by atoms with Crippen LogP contribution in [0.3, 0.4) is 0 Å². The number of alkyl halides is 3. The standard InChI is InChI=1S/C13H9F3N2O3/c14-13(15,16)21-11-4-2-1-3-10(11)18-9-5-6-17-7-8(9)12(19)20/h1-7H,(H,17,18)(H,19,20). The van der Waals surface area contributed by atoms with Gasteiger partial charge in [0.2, 0.25) is 0 Å². The molecule has 0 saturated carbocycles. The van der Waals surface area contributed by atoms with Gasteiger partial charge in [-0.25, -0.2) is 4.79 Å². The minimum Gasteiger partial charge on any atom is -0.478 e. The average molecular weight is 298 g/mol. The van der Waals surface area contributed by atoms with Crippen molar-refractivity contribution in [1.82, 2.24) is 4.98 Å². The molecule has 2 N–H and O–H groups in total. The van der Waals surface area contributed by atoms with Crippen molar-refractivity contribution in [3.05, 3.63) is 48.3 Å². The molecule has 0 spiro atoms. The van der Waals surface area contributed by atoms with Crippen molar-refractivity contribution < 1.29 is 27.8 Å². The molecule has 0 amide bonds. The van der Waals surface area contributed by atoms with E-state index in [1.54, 1.807) is 0 Å². The minimum atomic E-state index is -4.84. The Morgan fingerprint density at radius 3 is 2.57 bits per heavy atom. The third-order valence-electron chi connectivity index (χ3n) is 2.43. The number of nitrogens with one attached hydrogen (secondary N) is 1. The van der Waals surface area contributed by atoms with Gasteiger partial charge in [-0.3, -0.25) is 4.98 Å². The molecule has 8 heteroatoms. The molecule has 110 valence electrons. The number of rotatable bonds is 4. The van der Waals surface area contributed by atoms with E-state index in [-0.39, 0.29) is 16.9 Å². The second-order valence-corrected chi connectivity index (χ2v) is 3.90. The molecule has 0 atom stereocenters. The molecule has 5 nitrogen and oxygen atoms in total. The van der Waals surface area contributed by atoms with Crippen LogP contribution in [-0.2, 0) is 0 Å². The van der Waals surface area contributed by atoms with Crippen molar-refractivity contribution in [3.63, 3.8) is 0 Å². The van der Waals surface area contributed by atoms with E-state index < -0.39 is 18.1 Å². The maximum absolute atomic E-state index is 12.3. The zero-order chi connectivity index (χ0) is 15.5. The van der Waals surface area contributed by atoms with Gasteiger partial charge in [0.1, 0.15) is 5.56 Å².